The van der Waals surface area contributed by atoms with Crippen molar-refractivity contribution < 1.29 is 19.4 Å². The van der Waals surface area contributed by atoms with E-state index in [1.54, 1.807) is 24.4 Å². The van der Waals surface area contributed by atoms with Crippen molar-refractivity contribution in [1.82, 2.24) is 0 Å². The van der Waals surface area contributed by atoms with Crippen LogP contribution < -0.4 is 0 Å². The topological polar surface area (TPSA) is 68.1 Å². The Balaban J connectivity index is 2.65. The first kappa shape index (κ1) is 13.3. The summed E-state index contributed by atoms with van der Waals surface area (Å²) in [4.78, 5) is 14.9. The number of nitrogens with zero attached hydrogens (tertiary/aromatic N) is 1. The van der Waals surface area contributed by atoms with Gasteiger partial charge in [0.1, 0.15) is 0 Å². The molecule has 1 N–H and O–H groups in total. The highest BCUT2D eigenvalue weighted by Crippen LogP contribution is 2.03. The van der Waals surface area contributed by atoms with E-state index in [2.05, 4.69) is 4.99 Å². The van der Waals surface area contributed by atoms with Gasteiger partial charge in [-0.05, 0) is 17.7 Å². The zero-order chi connectivity index (χ0) is 12.7. The van der Waals surface area contributed by atoms with Gasteiger partial charge in [0.25, 0.3) is 0 Å². The van der Waals surface area contributed by atoms with Crippen molar-refractivity contribution in [3.63, 3.8) is 0 Å². The highest BCUT2D eigenvalue weighted by Gasteiger charge is 2.03. The Morgan fingerprint density at radius 2 is 2.18 bits per heavy atom. The molecule has 0 aliphatic heterocycles. The van der Waals surface area contributed by atoms with E-state index in [1.165, 1.54) is 20.3 Å². The number of rotatable bonds is 6. The Hall–Kier alpha value is -1.72. The number of carboxylic acid groups (broad SMARTS) is 1. The number of methoxy groups -OCH3 is 2. The van der Waals surface area contributed by atoms with Gasteiger partial charge >= 0.3 is 5.97 Å². The van der Waals surface area contributed by atoms with Crippen LogP contribution >= 0.6 is 0 Å². The average Bonchev–Trinajstić information content (AvgIpc) is 2.35. The molecule has 1 aromatic carbocycles. The van der Waals surface area contributed by atoms with Gasteiger partial charge in [0.15, 0.2) is 6.29 Å². The normalized spacial score (nSPS) is 11.2. The third-order valence-corrected chi connectivity index (χ3v) is 2.15. The second-order valence-corrected chi connectivity index (χ2v) is 3.33. The molecular formula is C12H15NO4. The maximum atomic E-state index is 10.7. The first-order valence-electron chi connectivity index (χ1n) is 5.06. The second-order valence-electron chi connectivity index (χ2n) is 3.33. The van der Waals surface area contributed by atoms with Gasteiger partial charge < -0.3 is 14.6 Å². The van der Waals surface area contributed by atoms with Gasteiger partial charge in [-0.1, -0.05) is 12.1 Å². The molecule has 0 atom stereocenters. The van der Waals surface area contributed by atoms with Crippen LogP contribution in [0, 0.1) is 0 Å². The summed E-state index contributed by atoms with van der Waals surface area (Å²) < 4.78 is 9.94. The van der Waals surface area contributed by atoms with Crippen LogP contribution in [-0.4, -0.2) is 44.3 Å². The zero-order valence-electron chi connectivity index (χ0n) is 9.79. The van der Waals surface area contributed by atoms with E-state index >= 15 is 0 Å². The predicted molar refractivity (Wildman–Crippen MR) is 63.7 cm³/mol. The Morgan fingerprint density at radius 1 is 1.47 bits per heavy atom. The predicted octanol–water partition coefficient (Wildman–Crippen LogP) is 1.42. The highest BCUT2D eigenvalue weighted by atomic mass is 16.7. The standard InChI is InChI=1S/C12H15NO4/c1-16-11(17-2)8-13-7-9-4-3-5-10(6-9)12(14)15/h3-7,11H,8H2,1-2H3,(H,14,15). The van der Waals surface area contributed by atoms with Crippen LogP contribution in [-0.2, 0) is 9.47 Å². The van der Waals surface area contributed by atoms with Gasteiger partial charge in [0, 0.05) is 20.4 Å². The van der Waals surface area contributed by atoms with E-state index in [1.807, 2.05) is 0 Å². The third kappa shape index (κ3) is 4.34. The third-order valence-electron chi connectivity index (χ3n) is 2.15. The summed E-state index contributed by atoms with van der Waals surface area (Å²) >= 11 is 0. The molecule has 5 nitrogen and oxygen atoms in total. The van der Waals surface area contributed by atoms with Gasteiger partial charge in [-0.3, -0.25) is 4.99 Å². The second kappa shape index (κ2) is 6.78. The molecule has 0 unspecified atom stereocenters. The van der Waals surface area contributed by atoms with Crippen LogP contribution in [0.5, 0.6) is 0 Å². The molecule has 0 radical (unpaired) electrons. The van der Waals surface area contributed by atoms with Gasteiger partial charge in [0.05, 0.1) is 12.1 Å². The molecule has 5 heteroatoms. The largest absolute Gasteiger partial charge is 0.478 e. The first-order valence-corrected chi connectivity index (χ1v) is 5.06. The highest BCUT2D eigenvalue weighted by molar-refractivity contribution is 5.90. The number of ether oxygens (including phenoxy) is 2. The summed E-state index contributed by atoms with van der Waals surface area (Å²) in [5.74, 6) is -0.952. The fraction of sp³-hybridized carbons (Fsp3) is 0.333. The minimum absolute atomic E-state index is 0.240. The van der Waals surface area contributed by atoms with Crippen LogP contribution in [0.3, 0.4) is 0 Å². The molecule has 1 aromatic rings. The molecule has 0 saturated heterocycles. The van der Waals surface area contributed by atoms with Crippen LogP contribution in [0.4, 0.5) is 0 Å². The molecule has 0 fully saturated rings. The minimum Gasteiger partial charge on any atom is -0.478 e. The van der Waals surface area contributed by atoms with Gasteiger partial charge in [-0.15, -0.1) is 0 Å². The zero-order valence-corrected chi connectivity index (χ0v) is 9.79. The van der Waals surface area contributed by atoms with E-state index in [9.17, 15) is 4.79 Å². The number of hydrogen-bond acceptors (Lipinski definition) is 4. The minimum atomic E-state index is -0.952. The lowest BCUT2D eigenvalue weighted by Gasteiger charge is -2.09. The molecule has 0 spiro atoms. The Kier molecular flexibility index (Phi) is 5.32. The Labute approximate surface area is 99.7 Å². The summed E-state index contributed by atoms with van der Waals surface area (Å²) in [5, 5.41) is 8.81. The first-order chi connectivity index (χ1) is 8.17. The van der Waals surface area contributed by atoms with E-state index in [0.717, 1.165) is 5.56 Å². The van der Waals surface area contributed by atoms with E-state index in [4.69, 9.17) is 14.6 Å². The Morgan fingerprint density at radius 3 is 2.76 bits per heavy atom. The Bertz CT molecular complexity index is 399. The average molecular weight is 237 g/mol. The van der Waals surface area contributed by atoms with Crippen molar-refractivity contribution in [3.05, 3.63) is 35.4 Å². The number of aliphatic imine (C=N–C) groups is 1. The molecule has 0 aliphatic carbocycles. The number of aromatic carboxylic acids is 1. The lowest BCUT2D eigenvalue weighted by Crippen LogP contribution is -2.16. The van der Waals surface area contributed by atoms with Crippen LogP contribution in [0.15, 0.2) is 29.3 Å². The van der Waals surface area contributed by atoms with E-state index in [0.29, 0.717) is 6.54 Å². The molecular weight excluding hydrogens is 222 g/mol. The summed E-state index contributed by atoms with van der Waals surface area (Å²) in [6.07, 6.45) is 1.21. The monoisotopic (exact) mass is 237 g/mol. The molecule has 1 rings (SSSR count). The van der Waals surface area contributed by atoms with E-state index < -0.39 is 5.97 Å². The van der Waals surface area contributed by atoms with Gasteiger partial charge in [-0.2, -0.15) is 0 Å². The molecule has 0 amide bonds. The van der Waals surface area contributed by atoms with Crippen LogP contribution in [0.2, 0.25) is 0 Å². The fourth-order valence-electron chi connectivity index (χ4n) is 1.24. The van der Waals surface area contributed by atoms with Crippen LogP contribution in [0.25, 0.3) is 0 Å². The smallest absolute Gasteiger partial charge is 0.335 e. The quantitative estimate of drug-likeness (QED) is 0.600. The summed E-state index contributed by atoms with van der Waals surface area (Å²) in [6.45, 7) is 0.365. The van der Waals surface area contributed by atoms with Crippen molar-refractivity contribution in [1.29, 1.82) is 0 Å². The summed E-state index contributed by atoms with van der Waals surface area (Å²) in [7, 11) is 3.07. The number of carboxylic acids is 1. The van der Waals surface area contributed by atoms with Crippen molar-refractivity contribution in [2.24, 2.45) is 4.99 Å². The lowest BCUT2D eigenvalue weighted by atomic mass is 10.1. The van der Waals surface area contributed by atoms with Crippen molar-refractivity contribution in [3.8, 4) is 0 Å². The number of carbonyl (C=O) groups is 1. The molecule has 0 saturated carbocycles. The van der Waals surface area contributed by atoms with Gasteiger partial charge in [0.2, 0.25) is 0 Å². The molecule has 17 heavy (non-hydrogen) atoms. The van der Waals surface area contributed by atoms with Crippen LogP contribution in [0.1, 0.15) is 15.9 Å². The SMILES string of the molecule is COC(CN=Cc1cccc(C(=O)O)c1)OC. The maximum Gasteiger partial charge on any atom is 0.335 e. The summed E-state index contributed by atoms with van der Waals surface area (Å²) in [6, 6.07) is 6.55. The number of hydrogen-bond donors (Lipinski definition) is 1. The van der Waals surface area contributed by atoms with Crippen molar-refractivity contribution >= 4 is 12.2 Å². The van der Waals surface area contributed by atoms with E-state index in [-0.39, 0.29) is 11.9 Å². The molecule has 0 heterocycles. The number of benzene rings is 1. The molecule has 0 bridgehead atoms. The summed E-state index contributed by atoms with van der Waals surface area (Å²) in [5.41, 5.74) is 0.972. The lowest BCUT2D eigenvalue weighted by molar-refractivity contribution is -0.0936. The fourth-order valence-corrected chi connectivity index (χ4v) is 1.24. The molecule has 0 aliphatic rings. The molecule has 92 valence electrons. The molecule has 0 aromatic heterocycles. The van der Waals surface area contributed by atoms with Gasteiger partial charge in [-0.25, -0.2) is 4.79 Å². The maximum absolute atomic E-state index is 10.7. The van der Waals surface area contributed by atoms with Crippen molar-refractivity contribution in [2.75, 3.05) is 20.8 Å². The van der Waals surface area contributed by atoms with Crippen molar-refractivity contribution in [2.45, 2.75) is 6.29 Å².